The van der Waals surface area contributed by atoms with Crippen molar-refractivity contribution in [1.82, 2.24) is 0 Å². The molecule has 0 atom stereocenters. The molecule has 1 nitrogen and oxygen atoms in total. The number of rotatable bonds is 1. The van der Waals surface area contributed by atoms with Crippen molar-refractivity contribution in [2.24, 2.45) is 0 Å². The Hall–Kier alpha value is -1.71. The molecule has 0 bridgehead atoms. The summed E-state index contributed by atoms with van der Waals surface area (Å²) in [6.45, 7) is 0. The van der Waals surface area contributed by atoms with Crippen molar-refractivity contribution in [3.05, 3.63) is 77.3 Å². The molecule has 1 aliphatic heterocycles. The number of halogens is 1. The van der Waals surface area contributed by atoms with Gasteiger partial charge in [-0.3, -0.25) is 0 Å². The standard InChI is InChI=1S/C18H12BrNS/c19-13-6-5-7-14(12-13)20-15-8-1-3-10-17(15)21-18-11-4-2-9-16(18)20/h1-12H. The first-order valence-electron chi connectivity index (χ1n) is 6.74. The largest absolute Gasteiger partial charge is 0.308 e. The van der Waals surface area contributed by atoms with Crippen LogP contribution in [0.4, 0.5) is 17.1 Å². The highest BCUT2D eigenvalue weighted by molar-refractivity contribution is 9.10. The molecule has 0 spiro atoms. The molecule has 1 heterocycles. The molecule has 0 saturated carbocycles. The van der Waals surface area contributed by atoms with Crippen molar-refractivity contribution in [3.8, 4) is 0 Å². The van der Waals surface area contributed by atoms with Crippen LogP contribution in [0.2, 0.25) is 0 Å². The van der Waals surface area contributed by atoms with E-state index in [4.69, 9.17) is 0 Å². The van der Waals surface area contributed by atoms with Gasteiger partial charge in [0.15, 0.2) is 0 Å². The van der Waals surface area contributed by atoms with Crippen molar-refractivity contribution in [2.45, 2.75) is 9.79 Å². The molecule has 0 aromatic heterocycles. The maximum Gasteiger partial charge on any atom is 0.0601 e. The van der Waals surface area contributed by atoms with Crippen molar-refractivity contribution >= 4 is 44.8 Å². The van der Waals surface area contributed by atoms with Gasteiger partial charge in [0.1, 0.15) is 0 Å². The number of hydrogen-bond acceptors (Lipinski definition) is 2. The van der Waals surface area contributed by atoms with Crippen molar-refractivity contribution in [1.29, 1.82) is 0 Å². The first-order valence-corrected chi connectivity index (χ1v) is 8.35. The van der Waals surface area contributed by atoms with Crippen LogP contribution in [0, 0.1) is 0 Å². The number of anilines is 3. The van der Waals surface area contributed by atoms with E-state index in [9.17, 15) is 0 Å². The maximum absolute atomic E-state index is 3.58. The number of para-hydroxylation sites is 2. The van der Waals surface area contributed by atoms with Gasteiger partial charge in [0, 0.05) is 20.0 Å². The van der Waals surface area contributed by atoms with Crippen LogP contribution in [0.5, 0.6) is 0 Å². The van der Waals surface area contributed by atoms with Gasteiger partial charge in [-0.15, -0.1) is 0 Å². The second-order valence-electron chi connectivity index (χ2n) is 4.85. The van der Waals surface area contributed by atoms with E-state index in [-0.39, 0.29) is 0 Å². The van der Waals surface area contributed by atoms with Gasteiger partial charge >= 0.3 is 0 Å². The summed E-state index contributed by atoms with van der Waals surface area (Å²) in [6.07, 6.45) is 0. The second-order valence-corrected chi connectivity index (χ2v) is 6.85. The van der Waals surface area contributed by atoms with Gasteiger partial charge in [-0.05, 0) is 42.5 Å². The minimum atomic E-state index is 1.09. The molecular formula is C18H12BrNS. The summed E-state index contributed by atoms with van der Waals surface area (Å²) in [5.74, 6) is 0. The summed E-state index contributed by atoms with van der Waals surface area (Å²) in [5, 5.41) is 0. The lowest BCUT2D eigenvalue weighted by molar-refractivity contribution is 1.16. The fourth-order valence-electron chi connectivity index (χ4n) is 2.60. The van der Waals surface area contributed by atoms with E-state index in [1.165, 1.54) is 26.9 Å². The van der Waals surface area contributed by atoms with Crippen LogP contribution < -0.4 is 4.90 Å². The third-order valence-electron chi connectivity index (χ3n) is 3.50. The monoisotopic (exact) mass is 353 g/mol. The molecule has 1 aliphatic rings. The van der Waals surface area contributed by atoms with Crippen molar-refractivity contribution in [3.63, 3.8) is 0 Å². The Morgan fingerprint density at radius 2 is 1.33 bits per heavy atom. The molecule has 0 aliphatic carbocycles. The SMILES string of the molecule is Brc1cccc(N2c3ccccc3Sc3ccccc32)c1. The zero-order chi connectivity index (χ0) is 14.2. The van der Waals surface area contributed by atoms with Crippen LogP contribution in [0.1, 0.15) is 0 Å². The molecule has 0 amide bonds. The van der Waals surface area contributed by atoms with Gasteiger partial charge in [0.25, 0.3) is 0 Å². The Morgan fingerprint density at radius 3 is 1.95 bits per heavy atom. The Kier molecular flexibility index (Phi) is 3.24. The van der Waals surface area contributed by atoms with E-state index in [0.29, 0.717) is 0 Å². The molecule has 3 aromatic carbocycles. The summed E-state index contributed by atoms with van der Waals surface area (Å²) in [7, 11) is 0. The Morgan fingerprint density at radius 1 is 0.714 bits per heavy atom. The van der Waals surface area contributed by atoms with Crippen LogP contribution in [0.15, 0.2) is 87.1 Å². The predicted molar refractivity (Wildman–Crippen MR) is 92.9 cm³/mol. The lowest BCUT2D eigenvalue weighted by atomic mass is 10.2. The zero-order valence-electron chi connectivity index (χ0n) is 11.2. The molecule has 0 radical (unpaired) electrons. The van der Waals surface area contributed by atoms with E-state index >= 15 is 0 Å². The lowest BCUT2D eigenvalue weighted by Gasteiger charge is -2.32. The highest BCUT2D eigenvalue weighted by atomic mass is 79.9. The average molecular weight is 354 g/mol. The summed E-state index contributed by atoms with van der Waals surface area (Å²) in [5.41, 5.74) is 3.64. The van der Waals surface area contributed by atoms with Crippen LogP contribution in [0.25, 0.3) is 0 Å². The maximum atomic E-state index is 3.58. The molecule has 0 unspecified atom stereocenters. The summed E-state index contributed by atoms with van der Waals surface area (Å²) >= 11 is 5.41. The summed E-state index contributed by atoms with van der Waals surface area (Å²) in [6, 6.07) is 25.5. The molecule has 3 aromatic rings. The average Bonchev–Trinajstić information content (AvgIpc) is 2.52. The quantitative estimate of drug-likeness (QED) is 0.390. The van der Waals surface area contributed by atoms with E-state index in [1.54, 1.807) is 0 Å². The van der Waals surface area contributed by atoms with Gasteiger partial charge in [-0.1, -0.05) is 58.0 Å². The second kappa shape index (κ2) is 5.24. The minimum absolute atomic E-state index is 1.09. The summed E-state index contributed by atoms with van der Waals surface area (Å²) in [4.78, 5) is 4.90. The lowest BCUT2D eigenvalue weighted by Crippen LogP contribution is -2.14. The van der Waals surface area contributed by atoms with Crippen LogP contribution >= 0.6 is 27.7 Å². The molecule has 21 heavy (non-hydrogen) atoms. The Bertz CT molecular complexity index is 770. The predicted octanol–water partition coefficient (Wildman–Crippen LogP) is 6.38. The van der Waals surface area contributed by atoms with E-state index in [1.807, 2.05) is 11.8 Å². The van der Waals surface area contributed by atoms with Gasteiger partial charge in [-0.25, -0.2) is 0 Å². The first kappa shape index (κ1) is 13.0. The Labute approximate surface area is 136 Å². The van der Waals surface area contributed by atoms with E-state index in [2.05, 4.69) is 93.6 Å². The first-order chi connectivity index (χ1) is 10.3. The number of hydrogen-bond donors (Lipinski definition) is 0. The minimum Gasteiger partial charge on any atom is -0.308 e. The third-order valence-corrected chi connectivity index (χ3v) is 5.12. The summed E-state index contributed by atoms with van der Waals surface area (Å²) < 4.78 is 1.09. The van der Waals surface area contributed by atoms with Crippen LogP contribution in [-0.4, -0.2) is 0 Å². The molecule has 3 heteroatoms. The van der Waals surface area contributed by atoms with Gasteiger partial charge in [0.2, 0.25) is 0 Å². The topological polar surface area (TPSA) is 3.24 Å². The number of fused-ring (bicyclic) bond motifs is 2. The molecule has 0 N–H and O–H groups in total. The third kappa shape index (κ3) is 2.27. The highest BCUT2D eigenvalue weighted by Gasteiger charge is 2.23. The number of nitrogens with zero attached hydrogens (tertiary/aromatic N) is 1. The fraction of sp³-hybridized carbons (Fsp3) is 0. The Balaban J connectivity index is 1.97. The van der Waals surface area contributed by atoms with E-state index < -0.39 is 0 Å². The van der Waals surface area contributed by atoms with Gasteiger partial charge < -0.3 is 4.90 Å². The van der Waals surface area contributed by atoms with Gasteiger partial charge in [0.05, 0.1) is 11.4 Å². The molecular weight excluding hydrogens is 342 g/mol. The number of benzene rings is 3. The van der Waals surface area contributed by atoms with E-state index in [0.717, 1.165) is 4.47 Å². The smallest absolute Gasteiger partial charge is 0.0601 e. The highest BCUT2D eigenvalue weighted by Crippen LogP contribution is 2.51. The van der Waals surface area contributed by atoms with Crippen LogP contribution in [0.3, 0.4) is 0 Å². The van der Waals surface area contributed by atoms with Gasteiger partial charge in [-0.2, -0.15) is 0 Å². The van der Waals surface area contributed by atoms with Crippen molar-refractivity contribution < 1.29 is 0 Å². The molecule has 0 fully saturated rings. The van der Waals surface area contributed by atoms with Crippen molar-refractivity contribution in [2.75, 3.05) is 4.90 Å². The van der Waals surface area contributed by atoms with Crippen LogP contribution in [-0.2, 0) is 0 Å². The zero-order valence-corrected chi connectivity index (χ0v) is 13.6. The molecule has 0 saturated heterocycles. The molecule has 102 valence electrons. The normalized spacial score (nSPS) is 12.7. The molecule has 4 rings (SSSR count). The fourth-order valence-corrected chi connectivity index (χ4v) is 4.04.